The molecule has 1 aliphatic heterocycles. The number of rotatable bonds is 4. The van der Waals surface area contributed by atoms with Gasteiger partial charge in [-0.25, -0.2) is 4.39 Å². The van der Waals surface area contributed by atoms with Gasteiger partial charge < -0.3 is 9.64 Å². The van der Waals surface area contributed by atoms with Gasteiger partial charge in [0.25, 0.3) is 5.91 Å². The Balaban J connectivity index is 1.77. The number of nitro benzene ring substituents is 1. The molecule has 0 spiro atoms. The zero-order chi connectivity index (χ0) is 17.3. The molecule has 2 aromatic rings. The van der Waals surface area contributed by atoms with E-state index in [1.807, 2.05) is 31.2 Å². The predicted octanol–water partition coefficient (Wildman–Crippen LogP) is 3.09. The smallest absolute Gasteiger partial charge is 0.311 e. The maximum Gasteiger partial charge on any atom is 0.311 e. The van der Waals surface area contributed by atoms with Crippen LogP contribution in [0.5, 0.6) is 5.75 Å². The third-order valence-corrected chi connectivity index (χ3v) is 3.95. The van der Waals surface area contributed by atoms with Crippen LogP contribution in [0.25, 0.3) is 0 Å². The number of nitrogens with zero attached hydrogens (tertiary/aromatic N) is 2. The Labute approximate surface area is 137 Å². The van der Waals surface area contributed by atoms with Gasteiger partial charge >= 0.3 is 5.69 Å². The zero-order valence-corrected chi connectivity index (χ0v) is 12.9. The number of ether oxygens (including phenoxy) is 1. The summed E-state index contributed by atoms with van der Waals surface area (Å²) in [6.45, 7) is 1.52. The number of carbonyl (C=O) groups excluding carboxylic acids is 1. The van der Waals surface area contributed by atoms with Gasteiger partial charge in [-0.05, 0) is 31.0 Å². The zero-order valence-electron chi connectivity index (χ0n) is 12.9. The number of anilines is 1. The summed E-state index contributed by atoms with van der Waals surface area (Å²) < 4.78 is 18.5. The van der Waals surface area contributed by atoms with Crippen LogP contribution in [0, 0.1) is 15.9 Å². The van der Waals surface area contributed by atoms with E-state index in [4.69, 9.17) is 4.74 Å². The lowest BCUT2D eigenvalue weighted by molar-refractivity contribution is -0.385. The molecule has 0 N–H and O–H groups in total. The van der Waals surface area contributed by atoms with Crippen LogP contribution in [-0.4, -0.2) is 23.5 Å². The molecule has 24 heavy (non-hydrogen) atoms. The van der Waals surface area contributed by atoms with Crippen molar-refractivity contribution in [3.8, 4) is 5.75 Å². The van der Waals surface area contributed by atoms with Gasteiger partial charge in [0.05, 0.1) is 4.92 Å². The molecule has 1 heterocycles. The molecule has 124 valence electrons. The number of fused-ring (bicyclic) bond motifs is 1. The van der Waals surface area contributed by atoms with Crippen molar-refractivity contribution in [3.63, 3.8) is 0 Å². The Morgan fingerprint density at radius 1 is 1.38 bits per heavy atom. The lowest BCUT2D eigenvalue weighted by Gasteiger charge is -2.22. The topological polar surface area (TPSA) is 72.7 Å². The Hall–Kier alpha value is -2.96. The Morgan fingerprint density at radius 2 is 2.12 bits per heavy atom. The van der Waals surface area contributed by atoms with Gasteiger partial charge in [0.15, 0.2) is 6.61 Å². The lowest BCUT2D eigenvalue weighted by atomic mass is 10.1. The van der Waals surface area contributed by atoms with E-state index >= 15 is 0 Å². The minimum atomic E-state index is -0.674. The highest BCUT2D eigenvalue weighted by Crippen LogP contribution is 2.32. The lowest BCUT2D eigenvalue weighted by Crippen LogP contribution is -2.39. The van der Waals surface area contributed by atoms with Gasteiger partial charge in [-0.2, -0.15) is 0 Å². The second kappa shape index (κ2) is 6.27. The normalized spacial score (nSPS) is 15.9. The quantitative estimate of drug-likeness (QED) is 0.638. The molecule has 0 saturated heterocycles. The van der Waals surface area contributed by atoms with Crippen LogP contribution in [0.2, 0.25) is 0 Å². The summed E-state index contributed by atoms with van der Waals surface area (Å²) in [6, 6.07) is 10.4. The van der Waals surface area contributed by atoms with Crippen molar-refractivity contribution in [1.29, 1.82) is 0 Å². The molecule has 3 rings (SSSR count). The molecule has 0 aliphatic carbocycles. The summed E-state index contributed by atoms with van der Waals surface area (Å²) in [6.07, 6.45) is 0.738. The highest BCUT2D eigenvalue weighted by Gasteiger charge is 2.31. The fraction of sp³-hybridized carbons (Fsp3) is 0.235. The van der Waals surface area contributed by atoms with Gasteiger partial charge in [0.2, 0.25) is 5.75 Å². The van der Waals surface area contributed by atoms with Crippen LogP contribution in [0.3, 0.4) is 0 Å². The molecule has 0 bridgehead atoms. The number of benzene rings is 2. The van der Waals surface area contributed by atoms with Crippen molar-refractivity contribution < 1.29 is 18.8 Å². The summed E-state index contributed by atoms with van der Waals surface area (Å²) in [7, 11) is 0. The molecule has 1 aliphatic rings. The van der Waals surface area contributed by atoms with Crippen molar-refractivity contribution in [3.05, 3.63) is 64.0 Å². The molecular weight excluding hydrogens is 315 g/mol. The predicted molar refractivity (Wildman–Crippen MR) is 85.6 cm³/mol. The Kier molecular flexibility index (Phi) is 4.16. The first-order valence-electron chi connectivity index (χ1n) is 7.44. The summed E-state index contributed by atoms with van der Waals surface area (Å²) in [5.74, 6) is -1.25. The molecule has 2 aromatic carbocycles. The molecular formula is C17H15FN2O4. The van der Waals surface area contributed by atoms with Crippen LogP contribution >= 0.6 is 0 Å². The fourth-order valence-corrected chi connectivity index (χ4v) is 2.91. The standard InChI is InChI=1S/C17H15FN2O4/c1-11-8-12-4-2-3-5-14(12)19(11)17(21)10-24-16-9-13(18)6-7-15(16)20(22)23/h2-7,9,11H,8,10H2,1H3. The van der Waals surface area contributed by atoms with Crippen LogP contribution in [-0.2, 0) is 11.2 Å². The van der Waals surface area contributed by atoms with E-state index in [-0.39, 0.29) is 23.4 Å². The van der Waals surface area contributed by atoms with Gasteiger partial charge in [-0.3, -0.25) is 14.9 Å². The first-order valence-corrected chi connectivity index (χ1v) is 7.44. The number of halogens is 1. The molecule has 7 heteroatoms. The molecule has 0 saturated carbocycles. The number of carbonyl (C=O) groups is 1. The van der Waals surface area contributed by atoms with Crippen molar-refractivity contribution in [1.82, 2.24) is 0 Å². The number of para-hydroxylation sites is 1. The third-order valence-electron chi connectivity index (χ3n) is 3.95. The Bertz CT molecular complexity index is 809. The van der Waals surface area contributed by atoms with Gasteiger partial charge in [0, 0.05) is 23.9 Å². The van der Waals surface area contributed by atoms with E-state index in [0.717, 1.165) is 35.9 Å². The van der Waals surface area contributed by atoms with Crippen molar-refractivity contribution in [2.24, 2.45) is 0 Å². The van der Waals surface area contributed by atoms with E-state index in [9.17, 15) is 19.3 Å². The number of hydrogen-bond donors (Lipinski definition) is 0. The fourth-order valence-electron chi connectivity index (χ4n) is 2.91. The van der Waals surface area contributed by atoms with E-state index in [0.29, 0.717) is 0 Å². The Morgan fingerprint density at radius 3 is 2.88 bits per heavy atom. The minimum absolute atomic E-state index is 0.0269. The average molecular weight is 330 g/mol. The van der Waals surface area contributed by atoms with Crippen molar-refractivity contribution in [2.45, 2.75) is 19.4 Å². The summed E-state index contributed by atoms with van der Waals surface area (Å²) in [4.78, 5) is 24.4. The minimum Gasteiger partial charge on any atom is -0.477 e. The first kappa shape index (κ1) is 15.9. The first-order chi connectivity index (χ1) is 11.5. The highest BCUT2D eigenvalue weighted by atomic mass is 19.1. The molecule has 1 amide bonds. The van der Waals surface area contributed by atoms with E-state index < -0.39 is 17.3 Å². The summed E-state index contributed by atoms with van der Waals surface area (Å²) in [5.41, 5.74) is 1.50. The molecule has 0 fully saturated rings. The van der Waals surface area contributed by atoms with E-state index in [1.165, 1.54) is 0 Å². The van der Waals surface area contributed by atoms with Gasteiger partial charge in [-0.1, -0.05) is 18.2 Å². The maximum absolute atomic E-state index is 13.3. The molecule has 1 atom stereocenters. The van der Waals surface area contributed by atoms with E-state index in [2.05, 4.69) is 0 Å². The van der Waals surface area contributed by atoms with Crippen molar-refractivity contribution in [2.75, 3.05) is 11.5 Å². The molecule has 0 aromatic heterocycles. The van der Waals surface area contributed by atoms with Crippen LogP contribution in [0.4, 0.5) is 15.8 Å². The van der Waals surface area contributed by atoms with Gasteiger partial charge in [0.1, 0.15) is 5.82 Å². The van der Waals surface area contributed by atoms with E-state index in [1.54, 1.807) is 4.90 Å². The number of nitro groups is 1. The number of amides is 1. The molecule has 6 nitrogen and oxygen atoms in total. The average Bonchev–Trinajstić information content (AvgIpc) is 2.88. The SMILES string of the molecule is CC1Cc2ccccc2N1C(=O)COc1cc(F)ccc1[N+](=O)[O-]. The van der Waals surface area contributed by atoms with Crippen LogP contribution in [0.15, 0.2) is 42.5 Å². The van der Waals surface area contributed by atoms with Gasteiger partial charge in [-0.15, -0.1) is 0 Å². The summed E-state index contributed by atoms with van der Waals surface area (Å²) >= 11 is 0. The maximum atomic E-state index is 13.3. The second-order valence-corrected chi connectivity index (χ2v) is 5.60. The van der Waals surface area contributed by atoms with Crippen LogP contribution < -0.4 is 9.64 Å². The number of hydrogen-bond acceptors (Lipinski definition) is 4. The van der Waals surface area contributed by atoms with Crippen molar-refractivity contribution >= 4 is 17.3 Å². The largest absolute Gasteiger partial charge is 0.477 e. The molecule has 0 radical (unpaired) electrons. The third kappa shape index (κ3) is 2.92. The molecule has 1 unspecified atom stereocenters. The highest BCUT2D eigenvalue weighted by molar-refractivity contribution is 5.97. The van der Waals surface area contributed by atoms with Crippen LogP contribution in [0.1, 0.15) is 12.5 Å². The summed E-state index contributed by atoms with van der Waals surface area (Å²) in [5, 5.41) is 11.0. The second-order valence-electron chi connectivity index (χ2n) is 5.60. The monoisotopic (exact) mass is 330 g/mol.